The van der Waals surface area contributed by atoms with Crippen LogP contribution in [-0.2, 0) is 10.0 Å². The molecule has 1 amide bonds. The number of H-pyrrole nitrogens is 1. The van der Waals surface area contributed by atoms with Gasteiger partial charge in [0.1, 0.15) is 17.8 Å². The number of sulfonamides is 1. The van der Waals surface area contributed by atoms with E-state index in [0.29, 0.717) is 6.04 Å². The van der Waals surface area contributed by atoms with Crippen molar-refractivity contribution < 1.29 is 18.3 Å². The molecule has 164 valence electrons. The maximum absolute atomic E-state index is 12.7. The number of likely N-dealkylation sites (N-methyl/N-ethyl adjacent to an activating group) is 1. The van der Waals surface area contributed by atoms with E-state index in [-0.39, 0.29) is 30.8 Å². The first kappa shape index (κ1) is 20.9. The van der Waals surface area contributed by atoms with Crippen molar-refractivity contribution in [2.75, 3.05) is 37.8 Å². The lowest BCUT2D eigenvalue weighted by molar-refractivity contribution is 0.0917. The van der Waals surface area contributed by atoms with Gasteiger partial charge in [-0.1, -0.05) is 0 Å². The minimum atomic E-state index is -3.35. The Morgan fingerprint density at radius 1 is 1.20 bits per heavy atom. The molecule has 1 aliphatic carbocycles. The van der Waals surface area contributed by atoms with Gasteiger partial charge in [-0.25, -0.2) is 23.2 Å². The number of fused-ring (bicyclic) bond motifs is 1. The summed E-state index contributed by atoms with van der Waals surface area (Å²) in [4.78, 5) is 26.2. The van der Waals surface area contributed by atoms with Crippen LogP contribution in [0.1, 0.15) is 25.7 Å². The Balaban J connectivity index is 1.31. The average Bonchev–Trinajstić information content (AvgIpc) is 3.15. The summed E-state index contributed by atoms with van der Waals surface area (Å²) >= 11 is 0. The molecule has 11 heteroatoms. The number of carbonyl (C=O) groups is 1. The molecule has 0 spiro atoms. The summed E-state index contributed by atoms with van der Waals surface area (Å²) in [5.41, 5.74) is 0.813. The molecule has 2 aliphatic rings. The number of carboxylic acid groups (broad SMARTS) is 1. The standard InChI is InChI=1S/C19H28N6O4S/c1-23(18-16-7-8-20-17(16)21-12-22-18)14-5-3-13(4-6-14)11-30(28,29)25-9-15(10-25)24(2)19(26)27/h7-8,12-15H,3-6,9-11H2,1-2H3,(H,26,27)(H,20,21,22)/t13-,14-. The van der Waals surface area contributed by atoms with Crippen molar-refractivity contribution in [3.05, 3.63) is 18.6 Å². The van der Waals surface area contributed by atoms with Crippen molar-refractivity contribution in [1.29, 1.82) is 0 Å². The number of hydrogen-bond donors (Lipinski definition) is 2. The molecule has 0 aromatic carbocycles. The summed E-state index contributed by atoms with van der Waals surface area (Å²) in [6, 6.07) is 2.04. The largest absolute Gasteiger partial charge is 0.465 e. The van der Waals surface area contributed by atoms with Gasteiger partial charge < -0.3 is 19.9 Å². The first-order valence-electron chi connectivity index (χ1n) is 10.2. The van der Waals surface area contributed by atoms with Crippen molar-refractivity contribution in [1.82, 2.24) is 24.2 Å². The number of aromatic amines is 1. The molecule has 2 fully saturated rings. The zero-order valence-electron chi connectivity index (χ0n) is 17.2. The molecule has 1 saturated carbocycles. The minimum Gasteiger partial charge on any atom is -0.465 e. The summed E-state index contributed by atoms with van der Waals surface area (Å²) in [5.74, 6) is 1.17. The highest BCUT2D eigenvalue weighted by molar-refractivity contribution is 7.89. The normalized spacial score (nSPS) is 23.3. The Morgan fingerprint density at radius 2 is 1.90 bits per heavy atom. The highest BCUT2D eigenvalue weighted by atomic mass is 32.2. The second-order valence-electron chi connectivity index (χ2n) is 8.37. The smallest absolute Gasteiger partial charge is 0.407 e. The topological polar surface area (TPSA) is 123 Å². The van der Waals surface area contributed by atoms with Crippen molar-refractivity contribution in [3.8, 4) is 0 Å². The van der Waals surface area contributed by atoms with E-state index >= 15 is 0 Å². The van der Waals surface area contributed by atoms with E-state index in [1.54, 1.807) is 6.33 Å². The number of rotatable bonds is 6. The zero-order chi connectivity index (χ0) is 21.5. The Labute approximate surface area is 175 Å². The van der Waals surface area contributed by atoms with Gasteiger partial charge >= 0.3 is 6.09 Å². The van der Waals surface area contributed by atoms with E-state index in [2.05, 4.69) is 19.9 Å². The van der Waals surface area contributed by atoms with Crippen molar-refractivity contribution >= 4 is 33.0 Å². The van der Waals surface area contributed by atoms with Gasteiger partial charge in [-0.15, -0.1) is 0 Å². The maximum atomic E-state index is 12.7. The predicted molar refractivity (Wildman–Crippen MR) is 113 cm³/mol. The van der Waals surface area contributed by atoms with Gasteiger partial charge in [0.05, 0.1) is 17.2 Å². The van der Waals surface area contributed by atoms with Gasteiger partial charge in [-0.05, 0) is 37.7 Å². The third kappa shape index (κ3) is 3.95. The number of amides is 1. The molecule has 0 radical (unpaired) electrons. The van der Waals surface area contributed by atoms with E-state index in [1.807, 2.05) is 19.3 Å². The van der Waals surface area contributed by atoms with Crippen LogP contribution in [0.25, 0.3) is 11.0 Å². The molecule has 2 aromatic rings. The first-order chi connectivity index (χ1) is 14.3. The van der Waals surface area contributed by atoms with Crippen molar-refractivity contribution in [3.63, 3.8) is 0 Å². The van der Waals surface area contributed by atoms with Crippen LogP contribution < -0.4 is 4.90 Å². The Morgan fingerprint density at radius 3 is 2.57 bits per heavy atom. The maximum Gasteiger partial charge on any atom is 0.407 e. The Kier molecular flexibility index (Phi) is 5.58. The fraction of sp³-hybridized carbons (Fsp3) is 0.632. The summed E-state index contributed by atoms with van der Waals surface area (Å²) in [6.45, 7) is 0.507. The zero-order valence-corrected chi connectivity index (χ0v) is 18.0. The average molecular weight is 437 g/mol. The SMILES string of the molecule is CN(C(=O)O)C1CN(S(=O)(=O)C[C@H]2CC[C@H](N(C)c3ncnc4[nH]ccc34)CC2)C1. The molecule has 0 bridgehead atoms. The summed E-state index contributed by atoms with van der Waals surface area (Å²) < 4.78 is 26.8. The second-order valence-corrected chi connectivity index (χ2v) is 10.4. The van der Waals surface area contributed by atoms with Crippen molar-refractivity contribution in [2.45, 2.75) is 37.8 Å². The van der Waals surface area contributed by atoms with Gasteiger partial charge in [-0.3, -0.25) is 0 Å². The number of nitrogens with zero attached hydrogens (tertiary/aromatic N) is 5. The Hall–Kier alpha value is -2.40. The predicted octanol–water partition coefficient (Wildman–Crippen LogP) is 1.58. The van der Waals surface area contributed by atoms with Gasteiger partial charge in [-0.2, -0.15) is 4.31 Å². The summed E-state index contributed by atoms with van der Waals surface area (Å²) in [5, 5.41) is 10.00. The third-order valence-electron chi connectivity index (χ3n) is 6.55. The van der Waals surface area contributed by atoms with Crippen LogP contribution in [0.5, 0.6) is 0 Å². The summed E-state index contributed by atoms with van der Waals surface area (Å²) in [6.07, 6.45) is 5.91. The van der Waals surface area contributed by atoms with Crippen LogP contribution in [0.15, 0.2) is 18.6 Å². The van der Waals surface area contributed by atoms with Gasteiger partial charge in [0, 0.05) is 39.4 Å². The third-order valence-corrected chi connectivity index (χ3v) is 8.53. The lowest BCUT2D eigenvalue weighted by Crippen LogP contribution is -2.61. The monoisotopic (exact) mass is 436 g/mol. The van der Waals surface area contributed by atoms with Crippen LogP contribution in [0, 0.1) is 5.92 Å². The molecule has 2 N–H and O–H groups in total. The van der Waals surface area contributed by atoms with Gasteiger partial charge in [0.25, 0.3) is 0 Å². The second kappa shape index (κ2) is 8.03. The molecule has 2 aromatic heterocycles. The van der Waals surface area contributed by atoms with Crippen molar-refractivity contribution in [2.24, 2.45) is 5.92 Å². The number of aromatic nitrogens is 3. The van der Waals surface area contributed by atoms with E-state index < -0.39 is 16.1 Å². The molecule has 3 heterocycles. The van der Waals surface area contributed by atoms with Gasteiger partial charge in [0.15, 0.2) is 0 Å². The highest BCUT2D eigenvalue weighted by Crippen LogP contribution is 2.33. The van der Waals surface area contributed by atoms with Gasteiger partial charge in [0.2, 0.25) is 10.0 Å². The Bertz CT molecular complexity index is 1010. The molecule has 0 atom stereocenters. The van der Waals surface area contributed by atoms with Crippen LogP contribution in [0.3, 0.4) is 0 Å². The minimum absolute atomic E-state index is 0.133. The van der Waals surface area contributed by atoms with Crippen LogP contribution in [0.4, 0.5) is 10.6 Å². The van der Waals surface area contributed by atoms with E-state index in [9.17, 15) is 13.2 Å². The highest BCUT2D eigenvalue weighted by Gasteiger charge is 2.40. The van der Waals surface area contributed by atoms with Crippen LogP contribution >= 0.6 is 0 Å². The molecule has 10 nitrogen and oxygen atoms in total. The lowest BCUT2D eigenvalue weighted by atomic mass is 9.86. The summed E-state index contributed by atoms with van der Waals surface area (Å²) in [7, 11) is 0.166. The molecule has 0 unspecified atom stereocenters. The molecule has 30 heavy (non-hydrogen) atoms. The van der Waals surface area contributed by atoms with E-state index in [1.165, 1.54) is 16.3 Å². The number of hydrogen-bond acceptors (Lipinski definition) is 6. The molecule has 4 rings (SSSR count). The fourth-order valence-electron chi connectivity index (χ4n) is 4.46. The number of nitrogens with one attached hydrogen (secondary N) is 1. The lowest BCUT2D eigenvalue weighted by Gasteiger charge is -2.42. The quantitative estimate of drug-likeness (QED) is 0.705. The van der Waals surface area contributed by atoms with E-state index in [0.717, 1.165) is 42.5 Å². The van der Waals surface area contributed by atoms with Crippen LogP contribution in [-0.4, -0.2) is 88.8 Å². The fourth-order valence-corrected chi connectivity index (χ4v) is 6.40. The van der Waals surface area contributed by atoms with Crippen LogP contribution in [0.2, 0.25) is 0 Å². The first-order valence-corrected chi connectivity index (χ1v) is 11.8. The molecular weight excluding hydrogens is 408 g/mol. The molecular formula is C19H28N6O4S. The molecule has 1 saturated heterocycles. The van der Waals surface area contributed by atoms with E-state index in [4.69, 9.17) is 5.11 Å². The number of anilines is 1. The molecule has 1 aliphatic heterocycles.